The Morgan fingerprint density at radius 3 is 2.20 bits per heavy atom. The normalized spacial score (nSPS) is 15.3. The van der Waals surface area contributed by atoms with E-state index in [4.69, 9.17) is 0 Å². The van der Waals surface area contributed by atoms with Gasteiger partial charge in [0.2, 0.25) is 5.75 Å². The number of hydrogen-bond acceptors (Lipinski definition) is 1. The van der Waals surface area contributed by atoms with E-state index in [0.717, 1.165) is 0 Å². The van der Waals surface area contributed by atoms with Gasteiger partial charge in [-0.1, -0.05) is 0 Å². The zero-order valence-corrected chi connectivity index (χ0v) is 6.10. The van der Waals surface area contributed by atoms with Crippen molar-refractivity contribution >= 4 is 11.2 Å². The van der Waals surface area contributed by atoms with Gasteiger partial charge in [0.15, 0.2) is 0 Å². The van der Waals surface area contributed by atoms with E-state index in [1.165, 1.54) is 0 Å². The lowest BCUT2D eigenvalue weighted by molar-refractivity contribution is -0.106. The fourth-order valence-corrected chi connectivity index (χ4v) is 1.25. The van der Waals surface area contributed by atoms with Crippen molar-refractivity contribution in [2.75, 3.05) is 11.5 Å². The first-order chi connectivity index (χ1) is 4.45. The third-order valence-electron chi connectivity index (χ3n) is 0.697. The van der Waals surface area contributed by atoms with Crippen LogP contribution in [0.15, 0.2) is 0 Å². The second kappa shape index (κ2) is 4.08. The van der Waals surface area contributed by atoms with Crippen LogP contribution in [-0.2, 0) is 11.2 Å². The summed E-state index contributed by atoms with van der Waals surface area (Å²) in [6.45, 7) is 3.30. The summed E-state index contributed by atoms with van der Waals surface area (Å²) in [5.74, 6) is -1.18. The highest BCUT2D eigenvalue weighted by molar-refractivity contribution is 7.91. The fraction of sp³-hybridized carbons (Fsp3) is 0.800. The van der Waals surface area contributed by atoms with Crippen molar-refractivity contribution in [3.63, 3.8) is 0 Å². The minimum absolute atomic E-state index is 0.0273. The largest absolute Gasteiger partial charge is 0.616 e. The van der Waals surface area contributed by atoms with Crippen LogP contribution in [0.1, 0.15) is 6.42 Å². The number of hydrogen-bond donors (Lipinski definition) is 0. The summed E-state index contributed by atoms with van der Waals surface area (Å²) in [6.07, 6.45) is -4.03. The molecule has 61 valence electrons. The molecule has 0 aliphatic rings. The molecule has 0 bridgehead atoms. The Morgan fingerprint density at radius 2 is 1.90 bits per heavy atom. The molecular formula is C5H8F3OS. The molecule has 1 unspecified atom stereocenters. The molecule has 0 aliphatic heterocycles. The van der Waals surface area contributed by atoms with Gasteiger partial charge in [0.1, 0.15) is 5.75 Å². The van der Waals surface area contributed by atoms with Crippen molar-refractivity contribution in [1.29, 1.82) is 0 Å². The monoisotopic (exact) mass is 173 g/mol. The fourth-order valence-electron chi connectivity index (χ4n) is 0.416. The molecule has 0 aliphatic carbocycles. The highest BCUT2D eigenvalue weighted by atomic mass is 32.2. The number of halogens is 3. The molecular weight excluding hydrogens is 165 g/mol. The van der Waals surface area contributed by atoms with E-state index in [2.05, 4.69) is 6.92 Å². The van der Waals surface area contributed by atoms with Crippen molar-refractivity contribution in [2.45, 2.75) is 12.6 Å². The summed E-state index contributed by atoms with van der Waals surface area (Å²) in [4.78, 5) is 0. The summed E-state index contributed by atoms with van der Waals surface area (Å²) in [5, 5.41) is 0. The lowest BCUT2D eigenvalue weighted by atomic mass is 10.6. The van der Waals surface area contributed by atoms with Gasteiger partial charge in [-0.3, -0.25) is 0 Å². The second-order valence-electron chi connectivity index (χ2n) is 1.76. The van der Waals surface area contributed by atoms with E-state index >= 15 is 0 Å². The molecule has 0 saturated heterocycles. The lowest BCUT2D eigenvalue weighted by Crippen LogP contribution is -2.24. The summed E-state index contributed by atoms with van der Waals surface area (Å²) >= 11 is -1.78. The van der Waals surface area contributed by atoms with Gasteiger partial charge in [0.05, 0.1) is 0 Å². The van der Waals surface area contributed by atoms with E-state index in [-0.39, 0.29) is 12.2 Å². The molecule has 0 amide bonds. The van der Waals surface area contributed by atoms with Crippen LogP contribution >= 0.6 is 0 Å². The van der Waals surface area contributed by atoms with Crippen molar-refractivity contribution in [3.05, 3.63) is 6.92 Å². The quantitative estimate of drug-likeness (QED) is 0.593. The molecule has 0 aromatic rings. The number of alkyl halides is 3. The van der Waals surface area contributed by atoms with Gasteiger partial charge in [-0.2, -0.15) is 13.2 Å². The van der Waals surface area contributed by atoms with Gasteiger partial charge in [-0.05, 0) is 24.5 Å². The Morgan fingerprint density at radius 1 is 1.40 bits per heavy atom. The molecule has 0 spiro atoms. The average molecular weight is 173 g/mol. The average Bonchev–Trinajstić information content (AvgIpc) is 1.59. The molecule has 1 atom stereocenters. The van der Waals surface area contributed by atoms with Gasteiger partial charge in [-0.15, -0.1) is 0 Å². The first-order valence-corrected chi connectivity index (χ1v) is 4.15. The summed E-state index contributed by atoms with van der Waals surface area (Å²) in [6, 6.07) is 0. The first-order valence-electron chi connectivity index (χ1n) is 2.66. The zero-order valence-electron chi connectivity index (χ0n) is 5.28. The molecule has 0 saturated carbocycles. The van der Waals surface area contributed by atoms with Crippen LogP contribution in [0.3, 0.4) is 0 Å². The topological polar surface area (TPSA) is 23.1 Å². The SMILES string of the molecule is [CH2]CC[S+]([O-])CC(F)(F)F. The molecule has 1 nitrogen and oxygen atoms in total. The highest BCUT2D eigenvalue weighted by Gasteiger charge is 2.33. The predicted molar refractivity (Wildman–Crippen MR) is 33.9 cm³/mol. The molecule has 0 aromatic carbocycles. The zero-order chi connectivity index (χ0) is 8.20. The Kier molecular flexibility index (Phi) is 4.12. The molecule has 0 rings (SSSR count). The van der Waals surface area contributed by atoms with Crippen LogP contribution in [0.5, 0.6) is 0 Å². The van der Waals surface area contributed by atoms with Gasteiger partial charge in [0, 0.05) is 0 Å². The highest BCUT2D eigenvalue weighted by Crippen LogP contribution is 2.17. The van der Waals surface area contributed by atoms with Gasteiger partial charge in [0.25, 0.3) is 0 Å². The van der Waals surface area contributed by atoms with E-state index in [9.17, 15) is 17.7 Å². The van der Waals surface area contributed by atoms with E-state index in [0.29, 0.717) is 0 Å². The van der Waals surface area contributed by atoms with Crippen molar-refractivity contribution in [2.24, 2.45) is 0 Å². The Hall–Kier alpha value is 0.100. The predicted octanol–water partition coefficient (Wildman–Crippen LogP) is 1.52. The minimum atomic E-state index is -4.31. The molecule has 1 radical (unpaired) electrons. The summed E-state index contributed by atoms with van der Waals surface area (Å²) < 4.78 is 44.7. The standard InChI is InChI=1S/C5H8F3OS/c1-2-3-10(9)4-5(6,7)8/h1-4H2. The van der Waals surface area contributed by atoms with Crippen LogP contribution in [0.2, 0.25) is 0 Å². The van der Waals surface area contributed by atoms with Crippen molar-refractivity contribution < 1.29 is 17.7 Å². The van der Waals surface area contributed by atoms with Crippen LogP contribution in [-0.4, -0.2) is 22.2 Å². The van der Waals surface area contributed by atoms with Crippen LogP contribution in [0.25, 0.3) is 0 Å². The van der Waals surface area contributed by atoms with Gasteiger partial charge in [-0.25, -0.2) is 0 Å². The molecule has 5 heteroatoms. The minimum Gasteiger partial charge on any atom is -0.616 e. The van der Waals surface area contributed by atoms with E-state index in [1.807, 2.05) is 0 Å². The van der Waals surface area contributed by atoms with Crippen LogP contribution in [0.4, 0.5) is 13.2 Å². The smallest absolute Gasteiger partial charge is 0.433 e. The molecule has 0 aromatic heterocycles. The third kappa shape index (κ3) is 6.22. The van der Waals surface area contributed by atoms with Crippen LogP contribution in [0, 0.1) is 6.92 Å². The maximum atomic E-state index is 11.4. The molecule has 10 heavy (non-hydrogen) atoms. The van der Waals surface area contributed by atoms with E-state index in [1.54, 1.807) is 0 Å². The van der Waals surface area contributed by atoms with Crippen LogP contribution < -0.4 is 0 Å². The first kappa shape index (κ1) is 10.1. The van der Waals surface area contributed by atoms with Crippen molar-refractivity contribution in [1.82, 2.24) is 0 Å². The van der Waals surface area contributed by atoms with Crippen molar-refractivity contribution in [3.8, 4) is 0 Å². The third-order valence-corrected chi connectivity index (χ3v) is 2.09. The maximum Gasteiger partial charge on any atom is 0.433 e. The summed E-state index contributed by atoms with van der Waals surface area (Å²) in [5.41, 5.74) is 0. The molecule has 0 N–H and O–H groups in total. The van der Waals surface area contributed by atoms with Gasteiger partial charge >= 0.3 is 6.18 Å². The number of rotatable bonds is 3. The second-order valence-corrected chi connectivity index (χ2v) is 3.33. The lowest BCUT2D eigenvalue weighted by Gasteiger charge is -2.11. The maximum absolute atomic E-state index is 11.4. The Labute approximate surface area is 60.8 Å². The van der Waals surface area contributed by atoms with E-state index < -0.39 is 23.1 Å². The Bertz CT molecular complexity index is 93.4. The molecule has 0 heterocycles. The molecule has 0 fully saturated rings. The van der Waals surface area contributed by atoms with Gasteiger partial charge < -0.3 is 4.55 Å². The Balaban J connectivity index is 3.47. The summed E-state index contributed by atoms with van der Waals surface area (Å²) in [7, 11) is 0.